The van der Waals surface area contributed by atoms with Crippen molar-refractivity contribution in [3.63, 3.8) is 0 Å². The second-order valence-corrected chi connectivity index (χ2v) is 5.80. The minimum absolute atomic E-state index is 0.0690. The molecular weight excluding hydrogens is 322 g/mol. The van der Waals surface area contributed by atoms with E-state index in [-0.39, 0.29) is 5.91 Å². The highest BCUT2D eigenvalue weighted by Gasteiger charge is 2.24. The Balaban J connectivity index is 1.40. The Hall–Kier alpha value is -3.16. The van der Waals surface area contributed by atoms with E-state index < -0.39 is 0 Å². The fourth-order valence-electron chi connectivity index (χ4n) is 2.82. The third kappa shape index (κ3) is 3.10. The van der Waals surface area contributed by atoms with E-state index in [1.165, 1.54) is 6.26 Å². The van der Waals surface area contributed by atoms with E-state index >= 15 is 0 Å². The van der Waals surface area contributed by atoms with Gasteiger partial charge in [-0.2, -0.15) is 4.98 Å². The van der Waals surface area contributed by atoms with Gasteiger partial charge in [-0.15, -0.1) is 0 Å². The van der Waals surface area contributed by atoms with Gasteiger partial charge >= 0.3 is 0 Å². The van der Waals surface area contributed by atoms with Crippen LogP contribution in [0.1, 0.15) is 16.4 Å². The molecule has 0 aliphatic carbocycles. The molecule has 4 rings (SSSR count). The number of hydrogen-bond donors (Lipinski definition) is 0. The third-order valence-electron chi connectivity index (χ3n) is 4.16. The van der Waals surface area contributed by atoms with Gasteiger partial charge < -0.3 is 18.7 Å². The minimum Gasteiger partial charge on any atom is -0.459 e. The number of aromatic nitrogens is 3. The Morgan fingerprint density at radius 2 is 2.00 bits per heavy atom. The van der Waals surface area contributed by atoms with Crippen LogP contribution in [0.5, 0.6) is 0 Å². The molecule has 25 heavy (non-hydrogen) atoms. The second-order valence-electron chi connectivity index (χ2n) is 5.80. The third-order valence-corrected chi connectivity index (χ3v) is 4.16. The van der Waals surface area contributed by atoms with Crippen LogP contribution >= 0.6 is 0 Å². The zero-order valence-corrected chi connectivity index (χ0v) is 13.8. The van der Waals surface area contributed by atoms with Crippen molar-refractivity contribution in [1.29, 1.82) is 0 Å². The smallest absolute Gasteiger partial charge is 0.289 e. The van der Waals surface area contributed by atoms with Gasteiger partial charge in [-0.05, 0) is 24.3 Å². The average molecular weight is 339 g/mol. The molecule has 0 aromatic carbocycles. The van der Waals surface area contributed by atoms with Crippen molar-refractivity contribution in [2.24, 2.45) is 0 Å². The first-order valence-corrected chi connectivity index (χ1v) is 8.05. The van der Waals surface area contributed by atoms with Crippen molar-refractivity contribution in [2.75, 3.05) is 31.1 Å². The van der Waals surface area contributed by atoms with Crippen LogP contribution in [-0.4, -0.2) is 52.1 Å². The Morgan fingerprint density at radius 1 is 1.16 bits per heavy atom. The molecule has 0 radical (unpaired) electrons. The van der Waals surface area contributed by atoms with Gasteiger partial charge in [-0.25, -0.2) is 4.98 Å². The second kappa shape index (κ2) is 6.39. The average Bonchev–Trinajstić information content (AvgIpc) is 3.33. The molecule has 1 aliphatic rings. The molecule has 0 bridgehead atoms. The first-order valence-electron chi connectivity index (χ1n) is 8.05. The fourth-order valence-corrected chi connectivity index (χ4v) is 2.82. The number of aryl methyl sites for hydroxylation is 1. The van der Waals surface area contributed by atoms with Crippen molar-refractivity contribution in [2.45, 2.75) is 6.92 Å². The molecule has 0 saturated carbocycles. The number of pyridine rings is 1. The predicted molar refractivity (Wildman–Crippen MR) is 89.1 cm³/mol. The molecule has 1 amide bonds. The highest BCUT2D eigenvalue weighted by Crippen LogP contribution is 2.20. The van der Waals surface area contributed by atoms with Crippen LogP contribution in [0.2, 0.25) is 0 Å². The van der Waals surface area contributed by atoms with Crippen molar-refractivity contribution in [3.8, 4) is 11.4 Å². The van der Waals surface area contributed by atoms with E-state index in [2.05, 4.69) is 20.0 Å². The molecular formula is C17H17N5O3. The molecule has 1 saturated heterocycles. The topological polar surface area (TPSA) is 88.5 Å². The van der Waals surface area contributed by atoms with Crippen LogP contribution in [0, 0.1) is 6.92 Å². The Bertz CT molecular complexity index is 849. The van der Waals surface area contributed by atoms with E-state index in [4.69, 9.17) is 8.94 Å². The highest BCUT2D eigenvalue weighted by molar-refractivity contribution is 5.91. The van der Waals surface area contributed by atoms with Gasteiger partial charge in [0.05, 0.1) is 6.26 Å². The van der Waals surface area contributed by atoms with Gasteiger partial charge in [-0.1, -0.05) is 5.16 Å². The molecule has 8 heteroatoms. The van der Waals surface area contributed by atoms with E-state index in [0.717, 1.165) is 24.5 Å². The Kier molecular flexibility index (Phi) is 3.93. The summed E-state index contributed by atoms with van der Waals surface area (Å²) in [5.74, 6) is 2.24. The fraction of sp³-hybridized carbons (Fsp3) is 0.294. The number of hydrogen-bond acceptors (Lipinski definition) is 7. The van der Waals surface area contributed by atoms with E-state index in [1.54, 1.807) is 30.2 Å². The van der Waals surface area contributed by atoms with Crippen LogP contribution < -0.4 is 4.90 Å². The zero-order chi connectivity index (χ0) is 17.2. The van der Waals surface area contributed by atoms with Crippen LogP contribution in [0.3, 0.4) is 0 Å². The lowest BCUT2D eigenvalue weighted by Gasteiger charge is -2.35. The number of piperazine rings is 1. The van der Waals surface area contributed by atoms with Gasteiger partial charge in [-0.3, -0.25) is 4.79 Å². The van der Waals surface area contributed by atoms with Crippen molar-refractivity contribution >= 4 is 11.7 Å². The van der Waals surface area contributed by atoms with Crippen molar-refractivity contribution < 1.29 is 13.7 Å². The van der Waals surface area contributed by atoms with Gasteiger partial charge in [0.25, 0.3) is 5.91 Å². The molecule has 1 fully saturated rings. The van der Waals surface area contributed by atoms with Gasteiger partial charge in [0.1, 0.15) is 5.82 Å². The molecule has 8 nitrogen and oxygen atoms in total. The maximum atomic E-state index is 12.3. The SMILES string of the molecule is Cc1nc(-c2ccc(N3CCN(C(=O)c4ccco4)CC3)nc2)no1. The first kappa shape index (κ1) is 15.4. The molecule has 128 valence electrons. The number of anilines is 1. The molecule has 0 spiro atoms. The lowest BCUT2D eigenvalue weighted by molar-refractivity contribution is 0.0714. The molecule has 0 unspecified atom stereocenters. The maximum absolute atomic E-state index is 12.3. The van der Waals surface area contributed by atoms with Crippen LogP contribution in [0.4, 0.5) is 5.82 Å². The number of nitrogens with zero attached hydrogens (tertiary/aromatic N) is 5. The summed E-state index contributed by atoms with van der Waals surface area (Å²) in [6.07, 6.45) is 3.25. The maximum Gasteiger partial charge on any atom is 0.289 e. The number of carbonyl (C=O) groups excluding carboxylic acids is 1. The lowest BCUT2D eigenvalue weighted by Crippen LogP contribution is -2.49. The van der Waals surface area contributed by atoms with Gasteiger partial charge in [0.2, 0.25) is 11.7 Å². The van der Waals surface area contributed by atoms with E-state index in [9.17, 15) is 4.79 Å². The summed E-state index contributed by atoms with van der Waals surface area (Å²) >= 11 is 0. The summed E-state index contributed by atoms with van der Waals surface area (Å²) in [6.45, 7) is 4.46. The predicted octanol–water partition coefficient (Wildman–Crippen LogP) is 2.00. The molecule has 1 aliphatic heterocycles. The standard InChI is InChI=1S/C17H17N5O3/c1-12-19-16(20-25-12)13-4-5-15(18-11-13)21-6-8-22(9-7-21)17(23)14-3-2-10-24-14/h2-5,10-11H,6-9H2,1H3. The number of furan rings is 1. The summed E-state index contributed by atoms with van der Waals surface area (Å²) in [4.78, 5) is 24.9. The zero-order valence-electron chi connectivity index (χ0n) is 13.8. The van der Waals surface area contributed by atoms with Crippen LogP contribution in [0.25, 0.3) is 11.4 Å². The van der Waals surface area contributed by atoms with Crippen LogP contribution in [0.15, 0.2) is 45.7 Å². The summed E-state index contributed by atoms with van der Waals surface area (Å²) < 4.78 is 10.2. The Labute approximate surface area is 144 Å². The lowest BCUT2D eigenvalue weighted by atomic mass is 10.2. The molecule has 3 aromatic rings. The van der Waals surface area contributed by atoms with Crippen molar-refractivity contribution in [3.05, 3.63) is 48.4 Å². The van der Waals surface area contributed by atoms with Gasteiger partial charge in [0, 0.05) is 44.9 Å². The molecule has 0 N–H and O–H groups in total. The number of rotatable bonds is 3. The monoisotopic (exact) mass is 339 g/mol. The van der Waals surface area contributed by atoms with Crippen LogP contribution in [-0.2, 0) is 0 Å². The molecule has 4 heterocycles. The summed E-state index contributed by atoms with van der Waals surface area (Å²) in [7, 11) is 0. The van der Waals surface area contributed by atoms with E-state index in [1.807, 2.05) is 12.1 Å². The Morgan fingerprint density at radius 3 is 2.60 bits per heavy atom. The first-order chi connectivity index (χ1) is 12.2. The minimum atomic E-state index is -0.0690. The molecule has 3 aromatic heterocycles. The largest absolute Gasteiger partial charge is 0.459 e. The van der Waals surface area contributed by atoms with Crippen molar-refractivity contribution in [1.82, 2.24) is 20.0 Å². The van der Waals surface area contributed by atoms with Gasteiger partial charge in [0.15, 0.2) is 5.76 Å². The van der Waals surface area contributed by atoms with E-state index in [0.29, 0.717) is 30.6 Å². The molecule has 0 atom stereocenters. The summed E-state index contributed by atoms with van der Waals surface area (Å²) in [5.41, 5.74) is 0.812. The number of carbonyl (C=O) groups is 1. The quantitative estimate of drug-likeness (QED) is 0.721. The number of amides is 1. The summed E-state index contributed by atoms with van der Waals surface area (Å²) in [6, 6.07) is 7.27. The highest BCUT2D eigenvalue weighted by atomic mass is 16.5. The normalized spacial score (nSPS) is 14.8. The summed E-state index contributed by atoms with van der Waals surface area (Å²) in [5, 5.41) is 3.89.